The fraction of sp³-hybridized carbons (Fsp3) is 0.0769. The average molecular weight is 489 g/mol. The average Bonchev–Trinajstić information content (AvgIpc) is 3.19. The van der Waals surface area contributed by atoms with E-state index in [9.17, 15) is 18.0 Å². The molecule has 5 rings (SSSR count). The van der Waals surface area contributed by atoms with Gasteiger partial charge in [-0.1, -0.05) is 12.1 Å². The van der Waals surface area contributed by atoms with Gasteiger partial charge in [0.05, 0.1) is 29.6 Å². The molecular formula is C26H18F3N5O2. The van der Waals surface area contributed by atoms with Crippen LogP contribution in [0.25, 0.3) is 27.8 Å². The van der Waals surface area contributed by atoms with E-state index >= 15 is 0 Å². The summed E-state index contributed by atoms with van der Waals surface area (Å²) in [6, 6.07) is 12.6. The molecule has 0 bridgehead atoms. The first-order valence-corrected chi connectivity index (χ1v) is 10.8. The van der Waals surface area contributed by atoms with Gasteiger partial charge in [-0.15, -0.1) is 0 Å². The van der Waals surface area contributed by atoms with Crippen molar-refractivity contribution in [3.05, 3.63) is 95.7 Å². The molecule has 0 aliphatic rings. The lowest BCUT2D eigenvalue weighted by molar-refractivity contribution is 0.0602. The van der Waals surface area contributed by atoms with Crippen molar-refractivity contribution in [2.75, 3.05) is 12.4 Å². The number of anilines is 2. The third-order valence-corrected chi connectivity index (χ3v) is 5.60. The number of ether oxygens (including phenoxy) is 1. The van der Waals surface area contributed by atoms with Crippen molar-refractivity contribution in [1.82, 2.24) is 19.7 Å². The molecule has 0 radical (unpaired) electrons. The second-order valence-corrected chi connectivity index (χ2v) is 7.86. The van der Waals surface area contributed by atoms with Gasteiger partial charge >= 0.3 is 5.97 Å². The van der Waals surface area contributed by atoms with Crippen LogP contribution >= 0.6 is 0 Å². The molecule has 0 spiro atoms. The largest absolute Gasteiger partial charge is 0.465 e. The second-order valence-electron chi connectivity index (χ2n) is 7.86. The number of fused-ring (bicyclic) bond motifs is 1. The lowest BCUT2D eigenvalue weighted by atomic mass is 10.0. The van der Waals surface area contributed by atoms with Gasteiger partial charge in [0.2, 0.25) is 0 Å². The molecule has 0 unspecified atom stereocenters. The summed E-state index contributed by atoms with van der Waals surface area (Å²) < 4.78 is 49.6. The number of rotatable bonds is 5. The number of aryl methyl sites for hydroxylation is 1. The Morgan fingerprint density at radius 1 is 0.972 bits per heavy atom. The van der Waals surface area contributed by atoms with Crippen LogP contribution in [0.2, 0.25) is 0 Å². The van der Waals surface area contributed by atoms with Crippen molar-refractivity contribution in [2.45, 2.75) is 6.92 Å². The van der Waals surface area contributed by atoms with Crippen LogP contribution in [0.5, 0.6) is 0 Å². The van der Waals surface area contributed by atoms with Crippen molar-refractivity contribution in [1.29, 1.82) is 0 Å². The first-order valence-electron chi connectivity index (χ1n) is 10.8. The number of carbonyl (C=O) groups excluding carboxylic acids is 1. The fourth-order valence-electron chi connectivity index (χ4n) is 4.00. The molecule has 180 valence electrons. The van der Waals surface area contributed by atoms with Gasteiger partial charge in [0, 0.05) is 24.0 Å². The van der Waals surface area contributed by atoms with E-state index in [1.807, 2.05) is 0 Å². The van der Waals surface area contributed by atoms with Gasteiger partial charge in [-0.05, 0) is 48.9 Å². The highest BCUT2D eigenvalue weighted by atomic mass is 19.1. The molecule has 7 nitrogen and oxygen atoms in total. The van der Waals surface area contributed by atoms with Crippen LogP contribution in [0.3, 0.4) is 0 Å². The maximum absolute atomic E-state index is 15.0. The second kappa shape index (κ2) is 9.14. The van der Waals surface area contributed by atoms with Crippen LogP contribution in [0.4, 0.5) is 24.7 Å². The Hall–Kier alpha value is -4.73. The lowest BCUT2D eigenvalue weighted by Crippen LogP contribution is -2.09. The molecule has 3 aromatic carbocycles. The Morgan fingerprint density at radius 3 is 2.53 bits per heavy atom. The summed E-state index contributed by atoms with van der Waals surface area (Å²) in [4.78, 5) is 20.6. The number of hydrogen-bond acceptors (Lipinski definition) is 6. The first-order chi connectivity index (χ1) is 17.4. The molecule has 0 aliphatic heterocycles. The van der Waals surface area contributed by atoms with Crippen molar-refractivity contribution in [3.63, 3.8) is 0 Å². The summed E-state index contributed by atoms with van der Waals surface area (Å²) in [5.74, 6) is -2.58. The van der Waals surface area contributed by atoms with Gasteiger partial charge in [-0.25, -0.2) is 27.6 Å². The Morgan fingerprint density at radius 2 is 1.75 bits per heavy atom. The maximum Gasteiger partial charge on any atom is 0.339 e. The van der Waals surface area contributed by atoms with E-state index in [1.165, 1.54) is 36.3 Å². The zero-order valence-corrected chi connectivity index (χ0v) is 19.1. The quantitative estimate of drug-likeness (QED) is 0.317. The number of carbonyl (C=O) groups is 1. The molecule has 2 aromatic heterocycles. The molecule has 0 atom stereocenters. The van der Waals surface area contributed by atoms with Crippen LogP contribution in [-0.4, -0.2) is 32.8 Å². The number of aromatic nitrogens is 4. The Labute approximate surface area is 203 Å². The molecule has 0 saturated heterocycles. The standard InChI is InChI=1S/C26H18F3N5O2/c1-14-23(15-11-19(29)24-21(12-15)30-9-10-31-24)25(32-20-6-4-3-5-17(20)26(35)36-2)34(33-14)22-8-7-16(27)13-18(22)28/h3-13,32H,1-2H3. The van der Waals surface area contributed by atoms with E-state index < -0.39 is 23.4 Å². The van der Waals surface area contributed by atoms with E-state index in [1.54, 1.807) is 37.3 Å². The van der Waals surface area contributed by atoms with Crippen LogP contribution < -0.4 is 5.32 Å². The highest BCUT2D eigenvalue weighted by Gasteiger charge is 2.23. The molecule has 36 heavy (non-hydrogen) atoms. The smallest absolute Gasteiger partial charge is 0.339 e. The van der Waals surface area contributed by atoms with Crippen LogP contribution in [-0.2, 0) is 4.74 Å². The van der Waals surface area contributed by atoms with E-state index in [0.717, 1.165) is 12.1 Å². The van der Waals surface area contributed by atoms with E-state index in [4.69, 9.17) is 4.74 Å². The molecule has 0 amide bonds. The highest BCUT2D eigenvalue weighted by Crippen LogP contribution is 2.38. The topological polar surface area (TPSA) is 81.9 Å². The summed E-state index contributed by atoms with van der Waals surface area (Å²) in [5.41, 5.74) is 2.15. The fourth-order valence-corrected chi connectivity index (χ4v) is 4.00. The zero-order valence-electron chi connectivity index (χ0n) is 19.1. The number of para-hydroxylation sites is 1. The zero-order chi connectivity index (χ0) is 25.4. The third-order valence-electron chi connectivity index (χ3n) is 5.60. The molecule has 5 aromatic rings. The number of esters is 1. The normalized spacial score (nSPS) is 11.0. The highest BCUT2D eigenvalue weighted by molar-refractivity contribution is 5.97. The van der Waals surface area contributed by atoms with Crippen LogP contribution in [0, 0.1) is 24.4 Å². The van der Waals surface area contributed by atoms with Gasteiger partial charge < -0.3 is 10.1 Å². The molecule has 0 saturated carbocycles. The Bertz CT molecular complexity index is 1630. The van der Waals surface area contributed by atoms with Crippen LogP contribution in [0.1, 0.15) is 16.1 Å². The molecule has 0 aliphatic carbocycles. The van der Waals surface area contributed by atoms with Crippen molar-refractivity contribution >= 4 is 28.5 Å². The number of halogens is 3. The van der Waals surface area contributed by atoms with E-state index in [-0.39, 0.29) is 22.6 Å². The maximum atomic E-state index is 15.0. The van der Waals surface area contributed by atoms with Gasteiger partial charge in [0.15, 0.2) is 11.6 Å². The number of hydrogen-bond donors (Lipinski definition) is 1. The summed E-state index contributed by atoms with van der Waals surface area (Å²) in [5, 5.41) is 7.60. The lowest BCUT2D eigenvalue weighted by Gasteiger charge is -2.15. The molecule has 1 N–H and O–H groups in total. The molecule has 2 heterocycles. The van der Waals surface area contributed by atoms with Gasteiger partial charge in [0.1, 0.15) is 22.8 Å². The third kappa shape index (κ3) is 4.02. The van der Waals surface area contributed by atoms with Crippen molar-refractivity contribution < 1.29 is 22.7 Å². The minimum Gasteiger partial charge on any atom is -0.465 e. The number of nitrogens with one attached hydrogen (secondary N) is 1. The molecular weight excluding hydrogens is 471 g/mol. The number of benzene rings is 3. The SMILES string of the molecule is COC(=O)c1ccccc1Nc1c(-c2cc(F)c3nccnc3c2)c(C)nn1-c1ccc(F)cc1F. The number of methoxy groups -OCH3 is 1. The van der Waals surface area contributed by atoms with E-state index in [2.05, 4.69) is 20.4 Å². The van der Waals surface area contributed by atoms with Crippen LogP contribution in [0.15, 0.2) is 67.0 Å². The predicted molar refractivity (Wildman–Crippen MR) is 128 cm³/mol. The summed E-state index contributed by atoms with van der Waals surface area (Å²) in [6.07, 6.45) is 2.84. The Kier molecular flexibility index (Phi) is 5.85. The minimum atomic E-state index is -0.857. The monoisotopic (exact) mass is 489 g/mol. The predicted octanol–water partition coefficient (Wildman–Crippen LogP) is 5.74. The van der Waals surface area contributed by atoms with Crippen molar-refractivity contribution in [3.8, 4) is 16.8 Å². The van der Waals surface area contributed by atoms with Gasteiger partial charge in [-0.3, -0.25) is 4.98 Å². The Balaban J connectivity index is 1.77. The van der Waals surface area contributed by atoms with Gasteiger partial charge in [0.25, 0.3) is 0 Å². The number of nitrogens with zero attached hydrogens (tertiary/aromatic N) is 4. The molecule has 0 fully saturated rings. The summed E-state index contributed by atoms with van der Waals surface area (Å²) >= 11 is 0. The minimum absolute atomic E-state index is 0.0511. The van der Waals surface area contributed by atoms with Crippen molar-refractivity contribution in [2.24, 2.45) is 0 Å². The first kappa shape index (κ1) is 23.0. The summed E-state index contributed by atoms with van der Waals surface area (Å²) in [7, 11) is 1.26. The van der Waals surface area contributed by atoms with E-state index in [0.29, 0.717) is 28.0 Å². The molecule has 10 heteroatoms. The summed E-state index contributed by atoms with van der Waals surface area (Å²) in [6.45, 7) is 1.67. The van der Waals surface area contributed by atoms with Gasteiger partial charge in [-0.2, -0.15) is 5.10 Å².